The van der Waals surface area contributed by atoms with Crippen LogP contribution >= 0.6 is 11.6 Å². The number of rotatable bonds is 6. The van der Waals surface area contributed by atoms with Crippen LogP contribution in [0.3, 0.4) is 0 Å². The standard InChI is InChI=1S/C17H17ClN4O3/c1-11-3-4-14(7-12(11)2)19-10-17(23)21-20-9-13-8-15(22(24)25)5-6-16(13)18/h3-9,19H,10H2,1-2H3,(H,21,23)/b20-9-. The van der Waals surface area contributed by atoms with Crippen LogP contribution in [-0.2, 0) is 4.79 Å². The number of hydrazone groups is 1. The summed E-state index contributed by atoms with van der Waals surface area (Å²) >= 11 is 5.95. The molecule has 0 atom stereocenters. The highest BCUT2D eigenvalue weighted by Crippen LogP contribution is 2.20. The van der Waals surface area contributed by atoms with Crippen LogP contribution in [-0.4, -0.2) is 23.6 Å². The summed E-state index contributed by atoms with van der Waals surface area (Å²) in [6.07, 6.45) is 1.27. The molecule has 0 saturated heterocycles. The number of nitro groups is 1. The molecule has 0 heterocycles. The molecule has 0 aliphatic heterocycles. The van der Waals surface area contributed by atoms with Crippen LogP contribution in [0.25, 0.3) is 0 Å². The number of hydrogen-bond acceptors (Lipinski definition) is 5. The first kappa shape index (κ1) is 18.4. The number of halogens is 1. The molecule has 7 nitrogen and oxygen atoms in total. The van der Waals surface area contributed by atoms with Crippen LogP contribution in [0.2, 0.25) is 5.02 Å². The molecule has 0 aliphatic carbocycles. The second-order valence-electron chi connectivity index (χ2n) is 5.41. The molecule has 0 unspecified atom stereocenters. The van der Waals surface area contributed by atoms with Crippen molar-refractivity contribution in [2.75, 3.05) is 11.9 Å². The number of benzene rings is 2. The highest BCUT2D eigenvalue weighted by molar-refractivity contribution is 6.33. The van der Waals surface area contributed by atoms with Gasteiger partial charge in [-0.3, -0.25) is 14.9 Å². The third kappa shape index (κ3) is 5.29. The minimum absolute atomic E-state index is 0.0442. The minimum atomic E-state index is -0.528. The van der Waals surface area contributed by atoms with Gasteiger partial charge in [0.2, 0.25) is 0 Å². The number of carbonyl (C=O) groups excluding carboxylic acids is 1. The zero-order valence-corrected chi connectivity index (χ0v) is 14.5. The van der Waals surface area contributed by atoms with E-state index in [0.717, 1.165) is 11.3 Å². The van der Waals surface area contributed by atoms with Crippen LogP contribution in [0.4, 0.5) is 11.4 Å². The first-order valence-corrected chi connectivity index (χ1v) is 7.81. The van der Waals surface area contributed by atoms with Crippen molar-refractivity contribution in [2.24, 2.45) is 5.10 Å². The zero-order valence-electron chi connectivity index (χ0n) is 13.7. The van der Waals surface area contributed by atoms with Gasteiger partial charge in [0.05, 0.1) is 17.7 Å². The summed E-state index contributed by atoms with van der Waals surface area (Å²) in [7, 11) is 0. The Balaban J connectivity index is 1.91. The molecule has 2 rings (SSSR count). The maximum atomic E-state index is 11.8. The van der Waals surface area contributed by atoms with E-state index in [2.05, 4.69) is 15.8 Å². The highest BCUT2D eigenvalue weighted by atomic mass is 35.5. The molecular weight excluding hydrogens is 344 g/mol. The third-order valence-electron chi connectivity index (χ3n) is 3.54. The van der Waals surface area contributed by atoms with E-state index in [-0.39, 0.29) is 18.1 Å². The Kier molecular flexibility index (Phi) is 6.08. The molecule has 2 N–H and O–H groups in total. The lowest BCUT2D eigenvalue weighted by atomic mass is 10.1. The monoisotopic (exact) mass is 360 g/mol. The molecule has 0 fully saturated rings. The van der Waals surface area contributed by atoms with Gasteiger partial charge in [-0.05, 0) is 43.2 Å². The van der Waals surface area contributed by atoms with Crippen LogP contribution < -0.4 is 10.7 Å². The van der Waals surface area contributed by atoms with Crippen molar-refractivity contribution in [1.82, 2.24) is 5.43 Å². The molecule has 2 aromatic rings. The van der Waals surface area contributed by atoms with Gasteiger partial charge in [0.25, 0.3) is 11.6 Å². The number of carbonyl (C=O) groups is 1. The van der Waals surface area contributed by atoms with Crippen molar-refractivity contribution in [3.8, 4) is 0 Å². The van der Waals surface area contributed by atoms with Crippen molar-refractivity contribution in [1.29, 1.82) is 0 Å². The SMILES string of the molecule is Cc1ccc(NCC(=O)N/N=C\c2cc([N+](=O)[O-])ccc2Cl)cc1C. The van der Waals surface area contributed by atoms with E-state index in [1.165, 1.54) is 30.0 Å². The van der Waals surface area contributed by atoms with E-state index < -0.39 is 4.92 Å². The fourth-order valence-electron chi connectivity index (χ4n) is 1.99. The Morgan fingerprint density at radius 2 is 2.00 bits per heavy atom. The van der Waals surface area contributed by atoms with E-state index in [9.17, 15) is 14.9 Å². The Labute approximate surface area is 149 Å². The summed E-state index contributed by atoms with van der Waals surface area (Å²) in [5, 5.41) is 17.8. The van der Waals surface area contributed by atoms with Crippen LogP contribution in [0, 0.1) is 24.0 Å². The fraction of sp³-hybridized carbons (Fsp3) is 0.176. The van der Waals surface area contributed by atoms with E-state index in [0.29, 0.717) is 10.6 Å². The lowest BCUT2D eigenvalue weighted by Crippen LogP contribution is -2.25. The molecule has 8 heteroatoms. The number of nitrogens with zero attached hydrogens (tertiary/aromatic N) is 2. The number of non-ortho nitro benzene ring substituents is 1. The minimum Gasteiger partial charge on any atom is -0.376 e. The van der Waals surface area contributed by atoms with Gasteiger partial charge < -0.3 is 5.32 Å². The maximum absolute atomic E-state index is 11.8. The van der Waals surface area contributed by atoms with E-state index in [1.807, 2.05) is 32.0 Å². The number of hydrogen-bond donors (Lipinski definition) is 2. The average Bonchev–Trinajstić information content (AvgIpc) is 2.57. The summed E-state index contributed by atoms with van der Waals surface area (Å²) in [6, 6.07) is 9.80. The van der Waals surface area contributed by atoms with E-state index in [1.54, 1.807) is 0 Å². The summed E-state index contributed by atoms with van der Waals surface area (Å²) in [4.78, 5) is 22.0. The Hall–Kier alpha value is -2.93. The maximum Gasteiger partial charge on any atom is 0.270 e. The number of aryl methyl sites for hydroxylation is 2. The number of nitrogens with one attached hydrogen (secondary N) is 2. The lowest BCUT2D eigenvalue weighted by Gasteiger charge is -2.07. The lowest BCUT2D eigenvalue weighted by molar-refractivity contribution is -0.384. The summed E-state index contributed by atoms with van der Waals surface area (Å²) in [6.45, 7) is 4.05. The Morgan fingerprint density at radius 1 is 1.24 bits per heavy atom. The quantitative estimate of drug-likeness (QED) is 0.468. The first-order valence-electron chi connectivity index (χ1n) is 7.44. The van der Waals surface area contributed by atoms with Crippen molar-refractivity contribution in [3.63, 3.8) is 0 Å². The first-order chi connectivity index (χ1) is 11.9. The van der Waals surface area contributed by atoms with Gasteiger partial charge in [0.1, 0.15) is 0 Å². The van der Waals surface area contributed by atoms with E-state index in [4.69, 9.17) is 11.6 Å². The Morgan fingerprint density at radius 3 is 2.68 bits per heavy atom. The van der Waals surface area contributed by atoms with Crippen molar-refractivity contribution in [3.05, 3.63) is 68.2 Å². The molecule has 1 amide bonds. The molecule has 0 aliphatic rings. The molecule has 0 spiro atoms. The van der Waals surface area contributed by atoms with Gasteiger partial charge in [-0.2, -0.15) is 5.10 Å². The van der Waals surface area contributed by atoms with E-state index >= 15 is 0 Å². The van der Waals surface area contributed by atoms with Gasteiger partial charge in [-0.25, -0.2) is 5.43 Å². The molecule has 0 aromatic heterocycles. The van der Waals surface area contributed by atoms with Gasteiger partial charge in [0.15, 0.2) is 0 Å². The van der Waals surface area contributed by atoms with Gasteiger partial charge >= 0.3 is 0 Å². The van der Waals surface area contributed by atoms with Gasteiger partial charge in [-0.15, -0.1) is 0 Å². The second kappa shape index (κ2) is 8.25. The molecular formula is C17H17ClN4O3. The normalized spacial score (nSPS) is 10.7. The smallest absolute Gasteiger partial charge is 0.270 e. The topological polar surface area (TPSA) is 96.6 Å². The number of anilines is 1. The third-order valence-corrected chi connectivity index (χ3v) is 3.89. The fourth-order valence-corrected chi connectivity index (χ4v) is 2.16. The molecule has 25 heavy (non-hydrogen) atoms. The average molecular weight is 361 g/mol. The summed E-state index contributed by atoms with van der Waals surface area (Å²) in [5.74, 6) is -0.351. The van der Waals surface area contributed by atoms with Gasteiger partial charge in [0, 0.05) is 28.4 Å². The second-order valence-corrected chi connectivity index (χ2v) is 5.82. The predicted octanol–water partition coefficient (Wildman–Crippen LogP) is 3.43. The number of nitro benzene ring substituents is 1. The summed E-state index contributed by atoms with van der Waals surface area (Å²) in [5.41, 5.74) is 5.73. The van der Waals surface area contributed by atoms with Crippen molar-refractivity contribution < 1.29 is 9.72 Å². The molecule has 130 valence electrons. The molecule has 0 radical (unpaired) electrons. The van der Waals surface area contributed by atoms with Gasteiger partial charge in [-0.1, -0.05) is 17.7 Å². The molecule has 0 saturated carbocycles. The summed E-state index contributed by atoms with van der Waals surface area (Å²) < 4.78 is 0. The number of amides is 1. The van der Waals surface area contributed by atoms with Crippen molar-refractivity contribution in [2.45, 2.75) is 13.8 Å². The van der Waals surface area contributed by atoms with Crippen molar-refractivity contribution >= 4 is 35.1 Å². The van der Waals surface area contributed by atoms with Crippen LogP contribution in [0.1, 0.15) is 16.7 Å². The molecule has 0 bridgehead atoms. The predicted molar refractivity (Wildman–Crippen MR) is 98.2 cm³/mol. The van der Waals surface area contributed by atoms with Crippen LogP contribution in [0.15, 0.2) is 41.5 Å². The zero-order chi connectivity index (χ0) is 18.4. The van der Waals surface area contributed by atoms with Crippen LogP contribution in [0.5, 0.6) is 0 Å². The highest BCUT2D eigenvalue weighted by Gasteiger charge is 2.08. The molecule has 2 aromatic carbocycles. The largest absolute Gasteiger partial charge is 0.376 e. The Bertz CT molecular complexity index is 837.